The van der Waals surface area contributed by atoms with Gasteiger partial charge in [-0.2, -0.15) is 5.10 Å². The molecule has 0 bridgehead atoms. The first-order valence-corrected chi connectivity index (χ1v) is 6.65. The van der Waals surface area contributed by atoms with Crippen LogP contribution in [0.2, 0.25) is 0 Å². The molecule has 3 N–H and O–H groups in total. The van der Waals surface area contributed by atoms with Gasteiger partial charge in [0.25, 0.3) is 0 Å². The lowest BCUT2D eigenvalue weighted by atomic mass is 10.1. The number of hydrogen-bond donors (Lipinski definition) is 2. The van der Waals surface area contributed by atoms with Gasteiger partial charge in [0.1, 0.15) is 0 Å². The summed E-state index contributed by atoms with van der Waals surface area (Å²) in [6, 6.07) is 15.7. The number of hydrogen-bond acceptors (Lipinski definition) is 3. The molecule has 2 heterocycles. The molecule has 21 heavy (non-hydrogen) atoms. The molecule has 0 saturated carbocycles. The Morgan fingerprint density at radius 3 is 2.71 bits per heavy atom. The molecule has 5 nitrogen and oxygen atoms in total. The number of H-pyrrole nitrogens is 1. The summed E-state index contributed by atoms with van der Waals surface area (Å²) in [5, 5.41) is 4.37. The van der Waals surface area contributed by atoms with Crippen LogP contribution in [0.4, 0.5) is 5.69 Å². The second-order valence-corrected chi connectivity index (χ2v) is 4.88. The lowest BCUT2D eigenvalue weighted by Crippen LogP contribution is -1.95. The van der Waals surface area contributed by atoms with E-state index in [1.165, 1.54) is 0 Å². The predicted octanol–water partition coefficient (Wildman–Crippen LogP) is 3.00. The van der Waals surface area contributed by atoms with Crippen LogP contribution in [0.3, 0.4) is 0 Å². The van der Waals surface area contributed by atoms with E-state index in [9.17, 15) is 0 Å². The molecule has 0 aliphatic carbocycles. The molecule has 0 saturated heterocycles. The van der Waals surface area contributed by atoms with Crippen LogP contribution in [0.1, 0.15) is 0 Å². The van der Waals surface area contributed by atoms with Gasteiger partial charge in [-0.3, -0.25) is 0 Å². The third-order valence-corrected chi connectivity index (χ3v) is 3.40. The smallest absolute Gasteiger partial charge is 0.229 e. The normalized spacial score (nSPS) is 11.0. The molecule has 0 amide bonds. The van der Waals surface area contributed by atoms with Crippen molar-refractivity contribution in [2.24, 2.45) is 0 Å². The van der Waals surface area contributed by atoms with Gasteiger partial charge in [-0.05, 0) is 23.8 Å². The highest BCUT2D eigenvalue weighted by Gasteiger charge is 2.07. The van der Waals surface area contributed by atoms with Crippen molar-refractivity contribution in [1.82, 2.24) is 19.7 Å². The maximum Gasteiger partial charge on any atom is 0.229 e. The average Bonchev–Trinajstić information content (AvgIpc) is 3.14. The number of nitrogens with zero attached hydrogens (tertiary/aromatic N) is 3. The van der Waals surface area contributed by atoms with Gasteiger partial charge < -0.3 is 10.7 Å². The summed E-state index contributed by atoms with van der Waals surface area (Å²) in [4.78, 5) is 7.75. The first-order valence-electron chi connectivity index (χ1n) is 6.65. The summed E-state index contributed by atoms with van der Waals surface area (Å²) in [6.07, 6.45) is 3.79. The van der Waals surface area contributed by atoms with Crippen molar-refractivity contribution >= 4 is 16.7 Å². The molecular weight excluding hydrogens is 262 g/mol. The molecule has 0 atom stereocenters. The standard InChI is InChI=1S/C16H13N5/c17-13-6-7-14-15(8-13)20-16(19-14)21-10-12(9-18-21)11-4-2-1-3-5-11/h1-10H,17H2,(H,19,20). The Hall–Kier alpha value is -3.08. The number of nitrogens with one attached hydrogen (secondary N) is 1. The first-order chi connectivity index (χ1) is 10.3. The fraction of sp³-hybridized carbons (Fsp3) is 0. The van der Waals surface area contributed by atoms with Crippen LogP contribution in [0, 0.1) is 0 Å². The molecule has 102 valence electrons. The van der Waals surface area contributed by atoms with Crippen molar-refractivity contribution in [2.45, 2.75) is 0 Å². The lowest BCUT2D eigenvalue weighted by molar-refractivity contribution is 0.829. The van der Waals surface area contributed by atoms with Gasteiger partial charge in [-0.1, -0.05) is 30.3 Å². The van der Waals surface area contributed by atoms with Crippen LogP contribution < -0.4 is 5.73 Å². The Labute approximate surface area is 121 Å². The fourth-order valence-electron chi connectivity index (χ4n) is 2.34. The maximum atomic E-state index is 5.78. The highest BCUT2D eigenvalue weighted by atomic mass is 15.3. The van der Waals surface area contributed by atoms with E-state index < -0.39 is 0 Å². The maximum absolute atomic E-state index is 5.78. The van der Waals surface area contributed by atoms with E-state index in [-0.39, 0.29) is 0 Å². The molecular formula is C16H13N5. The van der Waals surface area contributed by atoms with E-state index in [0.717, 1.165) is 22.2 Å². The van der Waals surface area contributed by atoms with Crippen molar-refractivity contribution in [2.75, 3.05) is 5.73 Å². The Balaban J connectivity index is 1.77. The number of nitrogen functional groups attached to an aromatic ring is 1. The number of anilines is 1. The van der Waals surface area contributed by atoms with Gasteiger partial charge in [-0.15, -0.1) is 0 Å². The van der Waals surface area contributed by atoms with Crippen molar-refractivity contribution in [3.63, 3.8) is 0 Å². The van der Waals surface area contributed by atoms with E-state index in [0.29, 0.717) is 11.6 Å². The van der Waals surface area contributed by atoms with E-state index in [1.54, 1.807) is 4.68 Å². The van der Waals surface area contributed by atoms with Crippen LogP contribution in [0.25, 0.3) is 28.1 Å². The molecule has 0 fully saturated rings. The molecule has 0 unspecified atom stereocenters. The number of aromatic nitrogens is 4. The zero-order chi connectivity index (χ0) is 14.2. The first kappa shape index (κ1) is 11.7. The van der Waals surface area contributed by atoms with E-state index in [1.807, 2.05) is 48.8 Å². The van der Waals surface area contributed by atoms with E-state index >= 15 is 0 Å². The molecule has 4 aromatic rings. The topological polar surface area (TPSA) is 72.5 Å². The fourth-order valence-corrected chi connectivity index (χ4v) is 2.34. The minimum absolute atomic E-state index is 0.679. The van der Waals surface area contributed by atoms with Gasteiger partial charge in [0.05, 0.1) is 17.2 Å². The largest absolute Gasteiger partial charge is 0.399 e. The molecule has 4 rings (SSSR count). The Bertz CT molecular complexity index is 905. The Morgan fingerprint density at radius 1 is 1.00 bits per heavy atom. The second-order valence-electron chi connectivity index (χ2n) is 4.88. The Morgan fingerprint density at radius 2 is 1.86 bits per heavy atom. The number of nitrogens with two attached hydrogens (primary N) is 1. The van der Waals surface area contributed by atoms with Gasteiger partial charge in [0.2, 0.25) is 5.95 Å². The predicted molar refractivity (Wildman–Crippen MR) is 83.1 cm³/mol. The summed E-state index contributed by atoms with van der Waals surface area (Å²) in [5.41, 5.74) is 10.4. The minimum atomic E-state index is 0.679. The molecule has 0 radical (unpaired) electrons. The quantitative estimate of drug-likeness (QED) is 0.552. The van der Waals surface area contributed by atoms with Gasteiger partial charge in [-0.25, -0.2) is 9.67 Å². The third kappa shape index (κ3) is 2.04. The summed E-state index contributed by atoms with van der Waals surface area (Å²) >= 11 is 0. The highest BCUT2D eigenvalue weighted by molar-refractivity contribution is 5.79. The summed E-state index contributed by atoms with van der Waals surface area (Å²) in [6.45, 7) is 0. The van der Waals surface area contributed by atoms with Gasteiger partial charge in [0, 0.05) is 17.4 Å². The zero-order valence-electron chi connectivity index (χ0n) is 11.2. The zero-order valence-corrected chi connectivity index (χ0v) is 11.2. The molecule has 5 heteroatoms. The van der Waals surface area contributed by atoms with Crippen molar-refractivity contribution in [3.8, 4) is 17.1 Å². The van der Waals surface area contributed by atoms with Crippen LogP contribution >= 0.6 is 0 Å². The van der Waals surface area contributed by atoms with E-state index in [2.05, 4.69) is 27.2 Å². The number of imidazole rings is 1. The SMILES string of the molecule is Nc1ccc2nc(-n3cc(-c4ccccc4)cn3)[nH]c2c1. The van der Waals surface area contributed by atoms with Crippen molar-refractivity contribution in [1.29, 1.82) is 0 Å². The summed E-state index contributed by atoms with van der Waals surface area (Å²) < 4.78 is 1.73. The van der Waals surface area contributed by atoms with Gasteiger partial charge >= 0.3 is 0 Å². The summed E-state index contributed by atoms with van der Waals surface area (Å²) in [7, 11) is 0. The molecule has 2 aromatic carbocycles. The van der Waals surface area contributed by atoms with Gasteiger partial charge in [0.15, 0.2) is 0 Å². The van der Waals surface area contributed by atoms with E-state index in [4.69, 9.17) is 5.73 Å². The van der Waals surface area contributed by atoms with Crippen molar-refractivity contribution in [3.05, 3.63) is 60.9 Å². The van der Waals surface area contributed by atoms with Crippen molar-refractivity contribution < 1.29 is 0 Å². The third-order valence-electron chi connectivity index (χ3n) is 3.40. The average molecular weight is 275 g/mol. The van der Waals surface area contributed by atoms with Crippen LogP contribution in [-0.2, 0) is 0 Å². The van der Waals surface area contributed by atoms with Crippen LogP contribution in [-0.4, -0.2) is 19.7 Å². The van der Waals surface area contributed by atoms with Crippen LogP contribution in [0.15, 0.2) is 60.9 Å². The number of fused-ring (bicyclic) bond motifs is 1. The minimum Gasteiger partial charge on any atom is -0.399 e. The highest BCUT2D eigenvalue weighted by Crippen LogP contribution is 2.20. The number of rotatable bonds is 2. The second kappa shape index (κ2) is 4.49. The summed E-state index contributed by atoms with van der Waals surface area (Å²) in [5.74, 6) is 0.679. The number of benzene rings is 2. The molecule has 0 aliphatic rings. The molecule has 0 aliphatic heterocycles. The Kier molecular flexibility index (Phi) is 2.50. The molecule has 0 spiro atoms. The molecule has 2 aromatic heterocycles. The number of aromatic amines is 1. The van der Waals surface area contributed by atoms with Crippen LogP contribution in [0.5, 0.6) is 0 Å². The monoisotopic (exact) mass is 275 g/mol. The lowest BCUT2D eigenvalue weighted by Gasteiger charge is -1.95.